The van der Waals surface area contributed by atoms with Crippen molar-refractivity contribution in [2.24, 2.45) is 0 Å². The standard InChI is InChI=1S/C19H20F3NO3S/c1-12(27-11-13-4-6-14(7-5-13)19(20,21)22)18(24)23-16-10-15(25-2)8-9-17(16)26-3/h4-10,12H,11H2,1-3H3,(H,23,24). The number of benzene rings is 2. The first-order chi connectivity index (χ1) is 12.7. The number of rotatable bonds is 7. The minimum absolute atomic E-state index is 0.238. The van der Waals surface area contributed by atoms with Crippen molar-refractivity contribution in [3.05, 3.63) is 53.6 Å². The van der Waals surface area contributed by atoms with E-state index in [1.807, 2.05) is 0 Å². The highest BCUT2D eigenvalue weighted by Gasteiger charge is 2.29. The molecule has 0 aromatic heterocycles. The Labute approximate surface area is 160 Å². The predicted octanol–water partition coefficient (Wildman–Crippen LogP) is 4.98. The van der Waals surface area contributed by atoms with Crippen molar-refractivity contribution in [2.75, 3.05) is 19.5 Å². The number of nitrogens with one attached hydrogen (secondary N) is 1. The predicted molar refractivity (Wildman–Crippen MR) is 100 cm³/mol. The normalized spacial score (nSPS) is 12.4. The van der Waals surface area contributed by atoms with E-state index in [9.17, 15) is 18.0 Å². The molecule has 27 heavy (non-hydrogen) atoms. The molecule has 0 radical (unpaired) electrons. The summed E-state index contributed by atoms with van der Waals surface area (Å²) in [5, 5.41) is 2.37. The summed E-state index contributed by atoms with van der Waals surface area (Å²) in [6.45, 7) is 1.73. The fourth-order valence-electron chi connectivity index (χ4n) is 2.23. The number of halogens is 3. The Bertz CT molecular complexity index is 779. The van der Waals surface area contributed by atoms with E-state index in [0.29, 0.717) is 28.5 Å². The van der Waals surface area contributed by atoms with Gasteiger partial charge in [-0.2, -0.15) is 13.2 Å². The summed E-state index contributed by atoms with van der Waals surface area (Å²) in [6, 6.07) is 10.00. The second kappa shape index (κ2) is 9.03. The molecule has 146 valence electrons. The van der Waals surface area contributed by atoms with E-state index in [-0.39, 0.29) is 5.91 Å². The summed E-state index contributed by atoms with van der Waals surface area (Å²) in [7, 11) is 3.02. The van der Waals surface area contributed by atoms with Gasteiger partial charge in [0.1, 0.15) is 11.5 Å². The lowest BCUT2D eigenvalue weighted by atomic mass is 10.1. The van der Waals surface area contributed by atoms with Crippen LogP contribution in [0.1, 0.15) is 18.1 Å². The number of alkyl halides is 3. The Balaban J connectivity index is 1.96. The van der Waals surface area contributed by atoms with Gasteiger partial charge < -0.3 is 14.8 Å². The van der Waals surface area contributed by atoms with Gasteiger partial charge in [0.05, 0.1) is 30.7 Å². The van der Waals surface area contributed by atoms with Crippen molar-refractivity contribution in [2.45, 2.75) is 24.1 Å². The molecule has 4 nitrogen and oxygen atoms in total. The molecule has 2 rings (SSSR count). The number of carbonyl (C=O) groups is 1. The molecule has 2 aromatic carbocycles. The summed E-state index contributed by atoms with van der Waals surface area (Å²) < 4.78 is 48.1. The average Bonchev–Trinajstić information content (AvgIpc) is 2.65. The summed E-state index contributed by atoms with van der Waals surface area (Å²) in [6.07, 6.45) is -4.35. The first-order valence-electron chi connectivity index (χ1n) is 8.05. The number of hydrogen-bond acceptors (Lipinski definition) is 4. The topological polar surface area (TPSA) is 47.6 Å². The minimum atomic E-state index is -4.35. The van der Waals surface area contributed by atoms with Gasteiger partial charge in [-0.25, -0.2) is 0 Å². The van der Waals surface area contributed by atoms with Gasteiger partial charge in [0.2, 0.25) is 5.91 Å². The van der Waals surface area contributed by atoms with E-state index in [1.54, 1.807) is 25.1 Å². The van der Waals surface area contributed by atoms with E-state index in [2.05, 4.69) is 5.32 Å². The van der Waals surface area contributed by atoms with Gasteiger partial charge in [-0.1, -0.05) is 12.1 Å². The van der Waals surface area contributed by atoms with Crippen LogP contribution in [0.4, 0.5) is 18.9 Å². The third kappa shape index (κ3) is 5.82. The molecule has 0 aliphatic carbocycles. The first-order valence-corrected chi connectivity index (χ1v) is 9.10. The highest BCUT2D eigenvalue weighted by Crippen LogP contribution is 2.31. The van der Waals surface area contributed by atoms with E-state index >= 15 is 0 Å². The van der Waals surface area contributed by atoms with E-state index in [4.69, 9.17) is 9.47 Å². The number of amides is 1. The summed E-state index contributed by atoms with van der Waals surface area (Å²) in [4.78, 5) is 12.4. The average molecular weight is 399 g/mol. The number of thioether (sulfide) groups is 1. The Morgan fingerprint density at radius 1 is 1.11 bits per heavy atom. The lowest BCUT2D eigenvalue weighted by molar-refractivity contribution is -0.137. The van der Waals surface area contributed by atoms with Gasteiger partial charge in [0.25, 0.3) is 0 Å². The fourth-order valence-corrected chi connectivity index (χ4v) is 3.08. The van der Waals surface area contributed by atoms with Crippen molar-refractivity contribution in [1.29, 1.82) is 0 Å². The Hall–Kier alpha value is -2.35. The maximum Gasteiger partial charge on any atom is 0.416 e. The zero-order valence-electron chi connectivity index (χ0n) is 15.1. The third-order valence-electron chi connectivity index (χ3n) is 3.82. The highest BCUT2D eigenvalue weighted by atomic mass is 32.2. The number of ether oxygens (including phenoxy) is 2. The van der Waals surface area contributed by atoms with Crippen LogP contribution in [0, 0.1) is 0 Å². The van der Waals surface area contributed by atoms with Crippen molar-refractivity contribution in [3.63, 3.8) is 0 Å². The van der Waals surface area contributed by atoms with Crippen LogP contribution in [0.3, 0.4) is 0 Å². The van der Waals surface area contributed by atoms with Gasteiger partial charge in [-0.15, -0.1) is 11.8 Å². The largest absolute Gasteiger partial charge is 0.497 e. The molecular formula is C19H20F3NO3S. The van der Waals surface area contributed by atoms with Crippen molar-refractivity contribution in [1.82, 2.24) is 0 Å². The van der Waals surface area contributed by atoms with Crippen LogP contribution in [0.2, 0.25) is 0 Å². The maximum atomic E-state index is 12.6. The molecule has 1 unspecified atom stereocenters. The Morgan fingerprint density at radius 3 is 2.33 bits per heavy atom. The molecule has 0 heterocycles. The van der Waals surface area contributed by atoms with Crippen LogP contribution in [0.5, 0.6) is 11.5 Å². The molecule has 1 atom stereocenters. The van der Waals surface area contributed by atoms with Crippen LogP contribution >= 0.6 is 11.8 Å². The van der Waals surface area contributed by atoms with Gasteiger partial charge in [-0.3, -0.25) is 4.79 Å². The molecule has 0 spiro atoms. The van der Waals surface area contributed by atoms with Crippen LogP contribution in [-0.4, -0.2) is 25.4 Å². The minimum Gasteiger partial charge on any atom is -0.497 e. The zero-order valence-corrected chi connectivity index (χ0v) is 15.9. The molecule has 2 aromatic rings. The number of anilines is 1. The van der Waals surface area contributed by atoms with Crippen molar-refractivity contribution < 1.29 is 27.4 Å². The van der Waals surface area contributed by atoms with Crippen LogP contribution in [-0.2, 0) is 16.7 Å². The number of methoxy groups -OCH3 is 2. The second-order valence-corrected chi connectivity index (χ2v) is 7.03. The smallest absolute Gasteiger partial charge is 0.416 e. The molecular weight excluding hydrogens is 379 g/mol. The first kappa shape index (κ1) is 21.0. The summed E-state index contributed by atoms with van der Waals surface area (Å²) >= 11 is 1.33. The lowest BCUT2D eigenvalue weighted by Crippen LogP contribution is -2.23. The molecule has 0 aliphatic rings. The zero-order chi connectivity index (χ0) is 20.0. The van der Waals surface area contributed by atoms with Gasteiger partial charge >= 0.3 is 6.18 Å². The van der Waals surface area contributed by atoms with E-state index in [0.717, 1.165) is 12.1 Å². The molecule has 0 saturated heterocycles. The molecule has 0 saturated carbocycles. The molecule has 8 heteroatoms. The van der Waals surface area contributed by atoms with Gasteiger partial charge in [0.15, 0.2) is 0 Å². The van der Waals surface area contributed by atoms with E-state index in [1.165, 1.54) is 38.1 Å². The fraction of sp³-hybridized carbons (Fsp3) is 0.316. The van der Waals surface area contributed by atoms with Crippen LogP contribution < -0.4 is 14.8 Å². The van der Waals surface area contributed by atoms with Crippen LogP contribution in [0.25, 0.3) is 0 Å². The quantitative estimate of drug-likeness (QED) is 0.713. The molecule has 0 bridgehead atoms. The lowest BCUT2D eigenvalue weighted by Gasteiger charge is -2.15. The van der Waals surface area contributed by atoms with Gasteiger partial charge in [0, 0.05) is 11.8 Å². The Kier molecular flexibility index (Phi) is 7.01. The van der Waals surface area contributed by atoms with Gasteiger partial charge in [-0.05, 0) is 36.8 Å². The Morgan fingerprint density at radius 2 is 1.78 bits per heavy atom. The third-order valence-corrected chi connectivity index (χ3v) is 5.03. The van der Waals surface area contributed by atoms with Crippen LogP contribution in [0.15, 0.2) is 42.5 Å². The highest BCUT2D eigenvalue weighted by molar-refractivity contribution is 7.99. The van der Waals surface area contributed by atoms with Crippen molar-refractivity contribution in [3.8, 4) is 11.5 Å². The molecule has 1 N–H and O–H groups in total. The van der Waals surface area contributed by atoms with Crippen molar-refractivity contribution >= 4 is 23.4 Å². The monoisotopic (exact) mass is 399 g/mol. The molecule has 0 aliphatic heterocycles. The van der Waals surface area contributed by atoms with E-state index < -0.39 is 17.0 Å². The second-order valence-electron chi connectivity index (χ2n) is 5.70. The maximum absolute atomic E-state index is 12.6. The number of carbonyl (C=O) groups excluding carboxylic acids is 1. The molecule has 0 fully saturated rings. The summed E-state index contributed by atoms with van der Waals surface area (Å²) in [5.74, 6) is 1.26. The number of hydrogen-bond donors (Lipinski definition) is 1. The summed E-state index contributed by atoms with van der Waals surface area (Å²) in [5.41, 5.74) is 0.516. The molecule has 1 amide bonds. The SMILES string of the molecule is COc1ccc(OC)c(NC(=O)C(C)SCc2ccc(C(F)(F)F)cc2)c1.